The third kappa shape index (κ3) is 9.76. The number of nitrogens with zero attached hydrogens (tertiary/aromatic N) is 4. The van der Waals surface area contributed by atoms with Gasteiger partial charge in [0.2, 0.25) is 0 Å². The molecule has 2 heterocycles. The van der Waals surface area contributed by atoms with Gasteiger partial charge in [-0.3, -0.25) is 14.2 Å². The van der Waals surface area contributed by atoms with E-state index >= 15 is 0 Å². The van der Waals surface area contributed by atoms with Crippen molar-refractivity contribution in [2.75, 3.05) is 6.35 Å². The van der Waals surface area contributed by atoms with E-state index in [-0.39, 0.29) is 24.8 Å². The Morgan fingerprint density at radius 1 is 1.10 bits per heavy atom. The topological polar surface area (TPSA) is 198 Å². The van der Waals surface area contributed by atoms with Crippen molar-refractivity contribution in [2.45, 2.75) is 52.5 Å². The molecule has 0 saturated heterocycles. The number of rotatable bonds is 15. The first-order chi connectivity index (χ1) is 19.5. The van der Waals surface area contributed by atoms with Crippen molar-refractivity contribution in [3.63, 3.8) is 0 Å². The highest BCUT2D eigenvalue weighted by molar-refractivity contribution is 7.57. The van der Waals surface area contributed by atoms with Crippen LogP contribution in [0.5, 0.6) is 5.75 Å². The minimum Gasteiger partial charge on any atom is -0.478 e. The van der Waals surface area contributed by atoms with E-state index in [4.69, 9.17) is 23.9 Å². The first-order valence-corrected chi connectivity index (χ1v) is 14.3. The second-order valence-corrected chi connectivity index (χ2v) is 11.1. The number of nitrogens with one attached hydrogen (secondary N) is 1. The monoisotopic (exact) mass is 591 g/mol. The van der Waals surface area contributed by atoms with Gasteiger partial charge in [-0.15, -0.1) is 5.48 Å². The summed E-state index contributed by atoms with van der Waals surface area (Å²) < 4.78 is 32.3. The molecule has 2 aromatic heterocycles. The number of aliphatic carboxylic acids is 1. The van der Waals surface area contributed by atoms with Crippen LogP contribution >= 0.6 is 7.52 Å². The summed E-state index contributed by atoms with van der Waals surface area (Å²) >= 11 is 0. The number of benzene rings is 1. The molecule has 3 aromatic rings. The van der Waals surface area contributed by atoms with E-state index in [1.807, 2.05) is 0 Å². The second-order valence-electron chi connectivity index (χ2n) is 9.07. The van der Waals surface area contributed by atoms with Crippen LogP contribution in [0.25, 0.3) is 11.2 Å². The van der Waals surface area contributed by atoms with Crippen molar-refractivity contribution in [2.24, 2.45) is 0 Å². The van der Waals surface area contributed by atoms with E-state index < -0.39 is 37.6 Å². The van der Waals surface area contributed by atoms with Gasteiger partial charge in [-0.2, -0.15) is 4.98 Å². The van der Waals surface area contributed by atoms with Crippen LogP contribution in [0.15, 0.2) is 55.1 Å². The van der Waals surface area contributed by atoms with Crippen LogP contribution in [0, 0.1) is 0 Å². The fourth-order valence-corrected chi connectivity index (χ4v) is 5.18. The van der Waals surface area contributed by atoms with E-state index in [1.165, 1.54) is 19.6 Å². The molecule has 0 amide bonds. The number of aromatic nitrogens is 4. The van der Waals surface area contributed by atoms with Gasteiger partial charge >= 0.3 is 25.4 Å². The predicted octanol–water partition coefficient (Wildman–Crippen LogP) is 1.68. The number of ether oxygens (including phenoxy) is 2. The lowest BCUT2D eigenvalue weighted by atomic mass is 10.3. The van der Waals surface area contributed by atoms with Gasteiger partial charge in [-0.25, -0.2) is 24.6 Å². The van der Waals surface area contributed by atoms with Crippen molar-refractivity contribution in [1.82, 2.24) is 24.6 Å². The molecule has 16 heteroatoms. The highest BCUT2D eigenvalue weighted by atomic mass is 31.2. The van der Waals surface area contributed by atoms with Gasteiger partial charge in [0.25, 0.3) is 5.82 Å². The summed E-state index contributed by atoms with van der Waals surface area (Å²) in [7, 11) is -3.74. The Kier molecular flexibility index (Phi) is 11.1. The minimum atomic E-state index is -3.74. The summed E-state index contributed by atoms with van der Waals surface area (Å²) in [5, 5.41) is 11.4. The number of hydrogen-bond donors (Lipinski definition) is 3. The SMILES string of the molecule is CC(C)OC(=O)C(C)NP(=O)(COC(C)Cn1cnc2c([NH2+]OC(=O)C=CC(=O)O)ncnc21)Oc1ccccc1. The molecule has 3 rings (SSSR count). The first-order valence-electron chi connectivity index (χ1n) is 12.5. The minimum absolute atomic E-state index is 0.201. The molecule has 41 heavy (non-hydrogen) atoms. The maximum atomic E-state index is 13.8. The summed E-state index contributed by atoms with van der Waals surface area (Å²) in [5.74, 6) is -2.23. The van der Waals surface area contributed by atoms with Crippen molar-refractivity contribution < 1.29 is 48.4 Å². The summed E-state index contributed by atoms with van der Waals surface area (Å²) in [4.78, 5) is 52.0. The molecule has 0 aliphatic heterocycles. The Hall–Kier alpha value is -4.17. The third-order valence-corrected chi connectivity index (χ3v) is 6.93. The number of carboxylic acids is 1. The van der Waals surface area contributed by atoms with E-state index in [0.29, 0.717) is 23.0 Å². The number of esters is 1. The van der Waals surface area contributed by atoms with Crippen molar-refractivity contribution >= 4 is 42.4 Å². The van der Waals surface area contributed by atoms with Crippen LogP contribution in [0.2, 0.25) is 0 Å². The Balaban J connectivity index is 1.68. The molecule has 3 unspecified atom stereocenters. The number of carboxylic acid groups (broad SMARTS) is 1. The highest BCUT2D eigenvalue weighted by Crippen LogP contribution is 2.44. The zero-order chi connectivity index (χ0) is 30.0. The first kappa shape index (κ1) is 31.4. The van der Waals surface area contributed by atoms with Gasteiger partial charge in [0, 0.05) is 12.2 Å². The van der Waals surface area contributed by atoms with Crippen LogP contribution in [0.1, 0.15) is 27.7 Å². The highest BCUT2D eigenvalue weighted by Gasteiger charge is 2.32. The van der Waals surface area contributed by atoms with Crippen LogP contribution in [0.4, 0.5) is 5.82 Å². The second kappa shape index (κ2) is 14.5. The molecule has 0 radical (unpaired) electrons. The molecule has 1 aromatic carbocycles. The number of imidazole rings is 1. The van der Waals surface area contributed by atoms with Crippen molar-refractivity contribution in [3.05, 3.63) is 55.1 Å². The van der Waals surface area contributed by atoms with E-state index in [2.05, 4.69) is 20.0 Å². The average molecular weight is 592 g/mol. The fraction of sp³-hybridized carbons (Fsp3) is 0.360. The van der Waals surface area contributed by atoms with E-state index in [0.717, 1.165) is 11.6 Å². The summed E-state index contributed by atoms with van der Waals surface area (Å²) in [5.41, 5.74) is 1.78. The Bertz CT molecular complexity index is 1430. The molecular formula is C25H32N6O9P+. The molecule has 0 aliphatic carbocycles. The summed E-state index contributed by atoms with van der Waals surface area (Å²) in [6.45, 7) is 6.95. The molecule has 220 valence electrons. The van der Waals surface area contributed by atoms with Crippen LogP contribution in [-0.4, -0.2) is 67.1 Å². The lowest BCUT2D eigenvalue weighted by molar-refractivity contribution is -0.811. The molecule has 3 atom stereocenters. The zero-order valence-electron chi connectivity index (χ0n) is 22.9. The lowest BCUT2D eigenvalue weighted by Gasteiger charge is -2.25. The van der Waals surface area contributed by atoms with Crippen LogP contribution in [0.3, 0.4) is 0 Å². The van der Waals surface area contributed by atoms with Gasteiger partial charge in [0.15, 0.2) is 11.2 Å². The predicted molar refractivity (Wildman–Crippen MR) is 144 cm³/mol. The molecule has 0 aliphatic rings. The maximum absolute atomic E-state index is 13.8. The summed E-state index contributed by atoms with van der Waals surface area (Å²) in [6.07, 6.45) is 2.94. The Labute approximate surface area is 235 Å². The molecular weight excluding hydrogens is 559 g/mol. The van der Waals surface area contributed by atoms with Gasteiger partial charge in [-0.1, -0.05) is 18.2 Å². The smallest absolute Gasteiger partial charge is 0.391 e. The molecule has 15 nitrogen and oxygen atoms in total. The van der Waals surface area contributed by atoms with Crippen molar-refractivity contribution in [1.29, 1.82) is 0 Å². The summed E-state index contributed by atoms with van der Waals surface area (Å²) in [6, 6.07) is 7.59. The number of para-hydroxylation sites is 1. The van der Waals surface area contributed by atoms with E-state index in [9.17, 15) is 18.9 Å². The van der Waals surface area contributed by atoms with Crippen LogP contribution in [-0.2, 0) is 39.8 Å². The van der Waals surface area contributed by atoms with Gasteiger partial charge in [0.05, 0.1) is 25.1 Å². The van der Waals surface area contributed by atoms with Gasteiger partial charge < -0.3 is 23.7 Å². The van der Waals surface area contributed by atoms with Crippen LogP contribution < -0.4 is 15.1 Å². The third-order valence-electron chi connectivity index (χ3n) is 5.15. The molecule has 0 bridgehead atoms. The maximum Gasteiger partial charge on any atom is 0.391 e. The number of hydrogen-bond acceptors (Lipinski definition) is 11. The number of carbonyl (C=O) groups excluding carboxylic acids is 2. The number of fused-ring (bicyclic) bond motifs is 1. The Morgan fingerprint density at radius 3 is 2.51 bits per heavy atom. The molecule has 0 fully saturated rings. The number of carbonyl (C=O) groups is 3. The number of quaternary nitrogens is 1. The quantitative estimate of drug-likeness (QED) is 0.1000. The van der Waals surface area contributed by atoms with E-state index in [1.54, 1.807) is 55.7 Å². The molecule has 4 N–H and O–H groups in total. The molecule has 0 spiro atoms. The fourth-order valence-electron chi connectivity index (χ4n) is 3.39. The van der Waals surface area contributed by atoms with Crippen molar-refractivity contribution in [3.8, 4) is 5.75 Å². The normalized spacial score (nSPS) is 14.5. The largest absolute Gasteiger partial charge is 0.478 e. The zero-order valence-corrected chi connectivity index (χ0v) is 23.8. The lowest BCUT2D eigenvalue weighted by Crippen LogP contribution is -2.78. The number of nitrogens with two attached hydrogens (primary N) is 1. The Morgan fingerprint density at radius 2 is 1.83 bits per heavy atom. The standard InChI is InChI=1S/C25H31N6O9P/c1-16(2)38-25(35)18(4)30-41(36,40-19-8-6-5-7-9-19)15-37-17(3)12-31-14-28-22-23(26-13-27-24(22)31)29-39-21(34)11-10-20(32)33/h5-11,13-14,16-18H,12,15H2,1-4H3,(H,30,36)(H,32,33)(H,26,27,29)/p+1. The molecule has 0 saturated carbocycles. The van der Waals surface area contributed by atoms with Gasteiger partial charge in [0.1, 0.15) is 24.5 Å². The average Bonchev–Trinajstić information content (AvgIpc) is 3.33. The van der Waals surface area contributed by atoms with Gasteiger partial charge in [-0.05, 0) is 39.8 Å².